The second kappa shape index (κ2) is 8.65. The minimum Gasteiger partial charge on any atom is -0.322 e. The number of hydrogen-bond donors (Lipinski definition) is 0. The molecule has 0 bridgehead atoms. The van der Waals surface area contributed by atoms with Crippen molar-refractivity contribution >= 4 is 53.5 Å². The van der Waals surface area contributed by atoms with Crippen molar-refractivity contribution in [2.24, 2.45) is 0 Å². The average Bonchev–Trinajstić information content (AvgIpc) is 3.30. The molecule has 7 rings (SSSR count). The van der Waals surface area contributed by atoms with Gasteiger partial charge in [-0.25, -0.2) is 4.98 Å². The molecule has 6 aromatic carbocycles. The summed E-state index contributed by atoms with van der Waals surface area (Å²) in [5.74, 6) is 0.792. The third-order valence-electron chi connectivity index (χ3n) is 7.29. The molecule has 1 aromatic heterocycles. The Kier molecular flexibility index (Phi) is 5.21. The molecule has 0 radical (unpaired) electrons. The predicted octanol–water partition coefficient (Wildman–Crippen LogP) is 7.31. The topological polar surface area (TPSA) is 61.2 Å². The third kappa shape index (κ3) is 3.64. The average molecular weight is 517 g/mol. The lowest BCUT2D eigenvalue weighted by molar-refractivity contribution is 0.303. The minimum atomic E-state index is -3.86. The lowest BCUT2D eigenvalue weighted by Gasteiger charge is -2.15. The molecule has 0 amide bonds. The summed E-state index contributed by atoms with van der Waals surface area (Å²) in [4.78, 5) is 5.16. The predicted molar refractivity (Wildman–Crippen MR) is 153 cm³/mol. The number of hydrogen-bond acceptors (Lipinski definition) is 4. The van der Waals surface area contributed by atoms with Crippen LogP contribution in [0.1, 0.15) is 5.56 Å². The van der Waals surface area contributed by atoms with Crippen molar-refractivity contribution in [3.8, 4) is 11.4 Å². The van der Waals surface area contributed by atoms with Gasteiger partial charge in [-0.2, -0.15) is 8.42 Å². The molecule has 38 heavy (non-hydrogen) atoms. The molecule has 0 spiro atoms. The Bertz CT molecular complexity index is 2060. The molecule has 0 aliphatic carbocycles. The second-order valence-corrected chi connectivity index (χ2v) is 11.2. The Balaban J connectivity index is 1.34. The molecule has 0 unspecified atom stereocenters. The van der Waals surface area contributed by atoms with Crippen molar-refractivity contribution in [1.29, 1.82) is 0 Å². The van der Waals surface area contributed by atoms with Gasteiger partial charge in [-0.15, -0.1) is 0 Å². The van der Waals surface area contributed by atoms with Crippen LogP contribution in [-0.4, -0.2) is 24.6 Å². The molecule has 0 aliphatic heterocycles. The summed E-state index contributed by atoms with van der Waals surface area (Å²) >= 11 is 0. The minimum absolute atomic E-state index is 0.00457. The first kappa shape index (κ1) is 22.9. The number of aryl methyl sites for hydroxylation is 1. The van der Waals surface area contributed by atoms with E-state index in [0.29, 0.717) is 6.54 Å². The monoisotopic (exact) mass is 516 g/mol. The molecular weight excluding hydrogens is 492 g/mol. The summed E-state index contributed by atoms with van der Waals surface area (Å²) < 4.78 is 33.2. The van der Waals surface area contributed by atoms with Gasteiger partial charge in [0, 0.05) is 12.1 Å². The van der Waals surface area contributed by atoms with Gasteiger partial charge in [0.15, 0.2) is 0 Å². The molecule has 7 aromatic rings. The number of benzene rings is 6. The van der Waals surface area contributed by atoms with Crippen LogP contribution in [0.2, 0.25) is 0 Å². The maximum atomic E-state index is 12.8. The standard InChI is InChI=1S/C32H24N2O3S/c1-21-9-15-25(16-10-21)38(35,36)37-20-19-34-29-8-3-2-7-28(29)33-32(34)27-18-14-24-12-11-22-5-4-6-23-13-17-26(27)31(24)30(22)23/h2-18H,19-20H2,1H3. The Morgan fingerprint density at radius 1 is 0.737 bits per heavy atom. The Morgan fingerprint density at radius 2 is 1.42 bits per heavy atom. The van der Waals surface area contributed by atoms with E-state index < -0.39 is 10.1 Å². The summed E-state index contributed by atoms with van der Waals surface area (Å²) in [5, 5.41) is 7.19. The van der Waals surface area contributed by atoms with Crippen molar-refractivity contribution in [2.75, 3.05) is 6.61 Å². The molecule has 186 valence electrons. The Hall–Kier alpha value is -4.26. The number of aromatic nitrogens is 2. The van der Waals surface area contributed by atoms with Crippen LogP contribution in [-0.2, 0) is 20.8 Å². The van der Waals surface area contributed by atoms with Gasteiger partial charge < -0.3 is 4.57 Å². The maximum Gasteiger partial charge on any atom is 0.297 e. The molecule has 0 atom stereocenters. The Labute approximate surface area is 220 Å². The van der Waals surface area contributed by atoms with Crippen LogP contribution in [0.4, 0.5) is 0 Å². The molecule has 0 aliphatic rings. The van der Waals surface area contributed by atoms with Crippen LogP contribution in [0.5, 0.6) is 0 Å². The van der Waals surface area contributed by atoms with Crippen LogP contribution in [0.25, 0.3) is 54.7 Å². The number of nitrogens with zero attached hydrogens (tertiary/aromatic N) is 2. The van der Waals surface area contributed by atoms with Gasteiger partial charge in [-0.05, 0) is 63.5 Å². The van der Waals surface area contributed by atoms with E-state index in [-0.39, 0.29) is 11.5 Å². The zero-order valence-electron chi connectivity index (χ0n) is 20.8. The van der Waals surface area contributed by atoms with Gasteiger partial charge in [-0.3, -0.25) is 4.18 Å². The quantitative estimate of drug-likeness (QED) is 0.172. The van der Waals surface area contributed by atoms with Crippen LogP contribution in [0, 0.1) is 6.92 Å². The van der Waals surface area contributed by atoms with Gasteiger partial charge in [0.05, 0.1) is 22.5 Å². The smallest absolute Gasteiger partial charge is 0.297 e. The highest BCUT2D eigenvalue weighted by atomic mass is 32.2. The van der Waals surface area contributed by atoms with Gasteiger partial charge in [0.2, 0.25) is 0 Å². The van der Waals surface area contributed by atoms with Gasteiger partial charge in [-0.1, -0.05) is 84.4 Å². The molecule has 6 heteroatoms. The summed E-state index contributed by atoms with van der Waals surface area (Å²) in [6.07, 6.45) is 0. The highest BCUT2D eigenvalue weighted by Gasteiger charge is 2.19. The number of fused-ring (bicyclic) bond motifs is 1. The highest BCUT2D eigenvalue weighted by molar-refractivity contribution is 7.86. The first-order valence-corrected chi connectivity index (χ1v) is 14.0. The van der Waals surface area contributed by atoms with Crippen molar-refractivity contribution in [1.82, 2.24) is 9.55 Å². The van der Waals surface area contributed by atoms with E-state index in [1.165, 1.54) is 26.9 Å². The van der Waals surface area contributed by atoms with E-state index in [0.717, 1.165) is 33.4 Å². The van der Waals surface area contributed by atoms with E-state index in [1.807, 2.05) is 31.2 Å². The van der Waals surface area contributed by atoms with Crippen molar-refractivity contribution < 1.29 is 12.6 Å². The normalized spacial score (nSPS) is 12.3. The van der Waals surface area contributed by atoms with Crippen molar-refractivity contribution in [2.45, 2.75) is 18.4 Å². The van der Waals surface area contributed by atoms with Crippen molar-refractivity contribution in [3.05, 3.63) is 109 Å². The number of para-hydroxylation sites is 2. The van der Waals surface area contributed by atoms with Crippen LogP contribution >= 0.6 is 0 Å². The number of rotatable bonds is 6. The summed E-state index contributed by atoms with van der Waals surface area (Å²) in [7, 11) is -3.86. The third-order valence-corrected chi connectivity index (χ3v) is 8.61. The lowest BCUT2D eigenvalue weighted by atomic mass is 9.92. The van der Waals surface area contributed by atoms with E-state index in [9.17, 15) is 8.42 Å². The van der Waals surface area contributed by atoms with Crippen LogP contribution < -0.4 is 0 Å². The van der Waals surface area contributed by atoms with E-state index in [2.05, 4.69) is 59.2 Å². The first-order chi connectivity index (χ1) is 18.5. The molecule has 0 N–H and O–H groups in total. The second-order valence-electron chi connectivity index (χ2n) is 9.63. The summed E-state index contributed by atoms with van der Waals surface area (Å²) in [5.41, 5.74) is 3.79. The summed E-state index contributed by atoms with van der Waals surface area (Å²) in [6, 6.07) is 33.9. The fourth-order valence-electron chi connectivity index (χ4n) is 5.45. The van der Waals surface area contributed by atoms with E-state index in [1.54, 1.807) is 24.3 Å². The van der Waals surface area contributed by atoms with Gasteiger partial charge in [0.25, 0.3) is 10.1 Å². The van der Waals surface area contributed by atoms with Gasteiger partial charge in [0.1, 0.15) is 5.82 Å². The fraction of sp³-hybridized carbons (Fsp3) is 0.0938. The molecule has 5 nitrogen and oxygen atoms in total. The van der Waals surface area contributed by atoms with E-state index >= 15 is 0 Å². The first-order valence-electron chi connectivity index (χ1n) is 12.6. The molecule has 0 saturated carbocycles. The van der Waals surface area contributed by atoms with Crippen LogP contribution in [0.15, 0.2) is 108 Å². The molecular formula is C32H24N2O3S. The van der Waals surface area contributed by atoms with E-state index in [4.69, 9.17) is 9.17 Å². The molecule has 0 fully saturated rings. The summed E-state index contributed by atoms with van der Waals surface area (Å²) in [6.45, 7) is 2.25. The molecule has 1 heterocycles. The van der Waals surface area contributed by atoms with Crippen molar-refractivity contribution in [3.63, 3.8) is 0 Å². The lowest BCUT2D eigenvalue weighted by Crippen LogP contribution is -2.13. The maximum absolute atomic E-state index is 12.8. The zero-order chi connectivity index (χ0) is 25.9. The fourth-order valence-corrected chi connectivity index (χ4v) is 6.35. The SMILES string of the molecule is Cc1ccc(S(=O)(=O)OCCn2c(-c3ccc4ccc5cccc6ccc3c4c56)nc3ccccc32)cc1. The number of imidazole rings is 1. The van der Waals surface area contributed by atoms with Crippen LogP contribution in [0.3, 0.4) is 0 Å². The largest absolute Gasteiger partial charge is 0.322 e. The highest BCUT2D eigenvalue weighted by Crippen LogP contribution is 2.39. The molecule has 0 saturated heterocycles. The zero-order valence-corrected chi connectivity index (χ0v) is 21.6. The van der Waals surface area contributed by atoms with Gasteiger partial charge >= 0.3 is 0 Å². The Morgan fingerprint density at radius 3 is 2.21 bits per heavy atom.